The molecule has 0 saturated carbocycles. The molecule has 0 radical (unpaired) electrons. The van der Waals surface area contributed by atoms with Crippen molar-refractivity contribution in [3.8, 4) is 5.69 Å². The highest BCUT2D eigenvalue weighted by Gasteiger charge is 2.23. The second kappa shape index (κ2) is 6.70. The molecule has 2 aromatic rings. The highest BCUT2D eigenvalue weighted by atomic mass is 19.1. The van der Waals surface area contributed by atoms with Crippen molar-refractivity contribution in [2.75, 3.05) is 20.2 Å². The molecule has 22 heavy (non-hydrogen) atoms. The zero-order valence-electron chi connectivity index (χ0n) is 13.0. The number of carbonyl (C=O) groups excluding carboxylic acids is 1. The van der Waals surface area contributed by atoms with Crippen LogP contribution in [0.4, 0.5) is 4.39 Å². The average Bonchev–Trinajstić information content (AvgIpc) is 2.92. The van der Waals surface area contributed by atoms with Gasteiger partial charge in [0.1, 0.15) is 5.82 Å². The van der Waals surface area contributed by atoms with E-state index in [4.69, 9.17) is 5.11 Å². The predicted octanol–water partition coefficient (Wildman–Crippen LogP) is 2.20. The highest BCUT2D eigenvalue weighted by molar-refractivity contribution is 5.95. The van der Waals surface area contributed by atoms with Gasteiger partial charge in [0.15, 0.2) is 0 Å². The maximum atomic E-state index is 13.1. The second-order valence-electron chi connectivity index (χ2n) is 5.44. The maximum Gasteiger partial charge on any atom is 0.257 e. The van der Waals surface area contributed by atoms with Crippen LogP contribution in [0.2, 0.25) is 0 Å². The quantitative estimate of drug-likeness (QED) is 0.921. The minimum atomic E-state index is -0.319. The molecule has 0 saturated heterocycles. The summed E-state index contributed by atoms with van der Waals surface area (Å²) in [6.07, 6.45) is 1.52. The van der Waals surface area contributed by atoms with Crippen molar-refractivity contribution in [1.82, 2.24) is 14.7 Å². The van der Waals surface area contributed by atoms with Gasteiger partial charge in [-0.2, -0.15) is 5.10 Å². The van der Waals surface area contributed by atoms with Crippen molar-refractivity contribution < 1.29 is 14.3 Å². The summed E-state index contributed by atoms with van der Waals surface area (Å²) in [5, 5.41) is 13.3. The molecule has 0 atom stereocenters. The van der Waals surface area contributed by atoms with Crippen LogP contribution in [0.25, 0.3) is 5.69 Å². The van der Waals surface area contributed by atoms with Gasteiger partial charge in [-0.25, -0.2) is 9.07 Å². The Kier molecular flexibility index (Phi) is 4.92. The van der Waals surface area contributed by atoms with Gasteiger partial charge in [-0.3, -0.25) is 4.79 Å². The standard InChI is InChI=1S/C16H20FN3O2/c1-11(2)15-14(16(22)19(3)8-9-21)10-18-20(15)13-6-4-12(17)5-7-13/h4-7,10-11,21H,8-9H2,1-3H3. The van der Waals surface area contributed by atoms with E-state index >= 15 is 0 Å². The summed E-state index contributed by atoms with van der Waals surface area (Å²) >= 11 is 0. The first-order valence-electron chi connectivity index (χ1n) is 7.16. The fourth-order valence-corrected chi connectivity index (χ4v) is 2.32. The molecule has 1 heterocycles. The summed E-state index contributed by atoms with van der Waals surface area (Å²) in [5.74, 6) is -0.443. The van der Waals surface area contributed by atoms with E-state index in [1.54, 1.807) is 23.9 Å². The van der Waals surface area contributed by atoms with Crippen LogP contribution in [0.5, 0.6) is 0 Å². The van der Waals surface area contributed by atoms with Crippen molar-refractivity contribution in [3.63, 3.8) is 0 Å². The second-order valence-corrected chi connectivity index (χ2v) is 5.44. The summed E-state index contributed by atoms with van der Waals surface area (Å²) in [7, 11) is 1.64. The van der Waals surface area contributed by atoms with E-state index in [1.807, 2.05) is 13.8 Å². The molecule has 6 heteroatoms. The largest absolute Gasteiger partial charge is 0.395 e. The number of hydrogen-bond donors (Lipinski definition) is 1. The van der Waals surface area contributed by atoms with Gasteiger partial charge in [-0.15, -0.1) is 0 Å². The van der Waals surface area contributed by atoms with Crippen molar-refractivity contribution in [3.05, 3.63) is 47.5 Å². The van der Waals surface area contributed by atoms with E-state index in [0.717, 1.165) is 5.69 Å². The molecular formula is C16H20FN3O2. The Morgan fingerprint density at radius 1 is 1.36 bits per heavy atom. The minimum Gasteiger partial charge on any atom is -0.395 e. The number of aliphatic hydroxyl groups is 1. The molecule has 0 unspecified atom stereocenters. The monoisotopic (exact) mass is 305 g/mol. The van der Waals surface area contributed by atoms with Gasteiger partial charge >= 0.3 is 0 Å². The maximum absolute atomic E-state index is 13.1. The van der Waals surface area contributed by atoms with E-state index in [-0.39, 0.29) is 30.8 Å². The summed E-state index contributed by atoms with van der Waals surface area (Å²) < 4.78 is 14.7. The van der Waals surface area contributed by atoms with E-state index in [2.05, 4.69) is 5.10 Å². The first-order valence-corrected chi connectivity index (χ1v) is 7.16. The SMILES string of the molecule is CC(C)c1c(C(=O)N(C)CCO)cnn1-c1ccc(F)cc1. The third-order valence-corrected chi connectivity index (χ3v) is 3.44. The van der Waals surface area contributed by atoms with Gasteiger partial charge < -0.3 is 10.0 Å². The highest BCUT2D eigenvalue weighted by Crippen LogP contribution is 2.24. The number of rotatable bonds is 5. The Morgan fingerprint density at radius 3 is 2.55 bits per heavy atom. The van der Waals surface area contributed by atoms with Crippen LogP contribution >= 0.6 is 0 Å². The number of aliphatic hydroxyl groups excluding tert-OH is 1. The Hall–Kier alpha value is -2.21. The van der Waals surface area contributed by atoms with Gasteiger partial charge in [0.05, 0.1) is 29.7 Å². The minimum absolute atomic E-state index is 0.0639. The van der Waals surface area contributed by atoms with E-state index in [1.165, 1.54) is 23.2 Å². The number of carbonyl (C=O) groups is 1. The molecule has 1 N–H and O–H groups in total. The Balaban J connectivity index is 2.46. The Morgan fingerprint density at radius 2 is 2.00 bits per heavy atom. The summed E-state index contributed by atoms with van der Waals surface area (Å²) in [5.41, 5.74) is 1.96. The van der Waals surface area contributed by atoms with Crippen LogP contribution in [0.3, 0.4) is 0 Å². The first kappa shape index (κ1) is 16.2. The summed E-state index contributed by atoms with van der Waals surface area (Å²) in [6.45, 7) is 4.11. The van der Waals surface area contributed by atoms with E-state index < -0.39 is 0 Å². The molecule has 1 aromatic carbocycles. The number of aromatic nitrogens is 2. The third kappa shape index (κ3) is 3.17. The molecule has 0 aliphatic rings. The lowest BCUT2D eigenvalue weighted by atomic mass is 10.0. The molecule has 2 rings (SSSR count). The smallest absolute Gasteiger partial charge is 0.257 e. The van der Waals surface area contributed by atoms with Crippen LogP contribution in [0, 0.1) is 5.82 Å². The van der Waals surface area contributed by atoms with Gasteiger partial charge in [-0.05, 0) is 30.2 Å². The van der Waals surface area contributed by atoms with Crippen LogP contribution < -0.4 is 0 Å². The van der Waals surface area contributed by atoms with Crippen LogP contribution in [0.15, 0.2) is 30.5 Å². The third-order valence-electron chi connectivity index (χ3n) is 3.44. The van der Waals surface area contributed by atoms with Crippen LogP contribution in [-0.4, -0.2) is 45.9 Å². The van der Waals surface area contributed by atoms with Crippen molar-refractivity contribution in [2.24, 2.45) is 0 Å². The number of benzene rings is 1. The molecular weight excluding hydrogens is 285 g/mol. The molecule has 5 nitrogen and oxygen atoms in total. The lowest BCUT2D eigenvalue weighted by Gasteiger charge is -2.17. The van der Waals surface area contributed by atoms with Crippen molar-refractivity contribution >= 4 is 5.91 Å². The fraction of sp³-hybridized carbons (Fsp3) is 0.375. The zero-order chi connectivity index (χ0) is 16.3. The van der Waals surface area contributed by atoms with Gasteiger partial charge in [0.2, 0.25) is 0 Å². The first-order chi connectivity index (χ1) is 10.5. The van der Waals surface area contributed by atoms with Gasteiger partial charge in [0.25, 0.3) is 5.91 Å². The summed E-state index contributed by atoms with van der Waals surface area (Å²) in [4.78, 5) is 13.9. The molecule has 0 fully saturated rings. The average molecular weight is 305 g/mol. The van der Waals surface area contributed by atoms with Crippen molar-refractivity contribution in [2.45, 2.75) is 19.8 Å². The molecule has 118 valence electrons. The Labute approximate surface area is 129 Å². The van der Waals surface area contributed by atoms with E-state index in [0.29, 0.717) is 11.3 Å². The van der Waals surface area contributed by atoms with Crippen LogP contribution in [0.1, 0.15) is 35.8 Å². The topological polar surface area (TPSA) is 58.4 Å². The predicted molar refractivity (Wildman–Crippen MR) is 81.7 cm³/mol. The number of hydrogen-bond acceptors (Lipinski definition) is 3. The lowest BCUT2D eigenvalue weighted by Crippen LogP contribution is -2.30. The normalized spacial score (nSPS) is 11.0. The number of amides is 1. The molecule has 0 aliphatic carbocycles. The number of likely N-dealkylation sites (N-methyl/N-ethyl adjacent to an activating group) is 1. The molecule has 0 bridgehead atoms. The number of halogens is 1. The molecule has 1 aromatic heterocycles. The lowest BCUT2D eigenvalue weighted by molar-refractivity contribution is 0.0765. The van der Waals surface area contributed by atoms with Crippen molar-refractivity contribution in [1.29, 1.82) is 0 Å². The van der Waals surface area contributed by atoms with Gasteiger partial charge in [0, 0.05) is 13.6 Å². The molecule has 1 amide bonds. The number of nitrogens with zero attached hydrogens (tertiary/aromatic N) is 3. The Bertz CT molecular complexity index is 650. The molecule has 0 spiro atoms. The fourth-order valence-electron chi connectivity index (χ4n) is 2.32. The van der Waals surface area contributed by atoms with Crippen LogP contribution in [-0.2, 0) is 0 Å². The van der Waals surface area contributed by atoms with Gasteiger partial charge in [-0.1, -0.05) is 13.8 Å². The molecule has 0 aliphatic heterocycles. The van der Waals surface area contributed by atoms with E-state index in [9.17, 15) is 9.18 Å². The summed E-state index contributed by atoms with van der Waals surface area (Å²) in [6, 6.07) is 5.97. The zero-order valence-corrected chi connectivity index (χ0v) is 13.0.